The zero-order valence-electron chi connectivity index (χ0n) is 14.5. The summed E-state index contributed by atoms with van der Waals surface area (Å²) in [5.74, 6) is -0.150. The molecular formula is C17H26N2O4S. The zero-order valence-corrected chi connectivity index (χ0v) is 15.4. The van der Waals surface area contributed by atoms with Gasteiger partial charge in [-0.2, -0.15) is 4.31 Å². The van der Waals surface area contributed by atoms with Crippen molar-refractivity contribution in [3.8, 4) is 0 Å². The maximum Gasteiger partial charge on any atom is 0.243 e. The summed E-state index contributed by atoms with van der Waals surface area (Å²) in [6.07, 6.45) is 1.09. The maximum atomic E-state index is 12.8. The van der Waals surface area contributed by atoms with Crippen LogP contribution >= 0.6 is 0 Å². The molecule has 1 heterocycles. The van der Waals surface area contributed by atoms with Gasteiger partial charge in [0.2, 0.25) is 15.9 Å². The molecule has 1 aromatic rings. The predicted octanol–water partition coefficient (Wildman–Crippen LogP) is 1.47. The number of rotatable bonds is 6. The number of aryl methyl sites for hydroxylation is 2. The molecule has 1 aromatic carbocycles. The number of carbonyl (C=O) groups is 1. The van der Waals surface area contributed by atoms with Gasteiger partial charge in [0, 0.05) is 32.7 Å². The quantitative estimate of drug-likeness (QED) is 0.785. The highest BCUT2D eigenvalue weighted by Gasteiger charge is 2.32. The summed E-state index contributed by atoms with van der Waals surface area (Å²) < 4.78 is 32.0. The van der Waals surface area contributed by atoms with E-state index < -0.39 is 10.0 Å². The molecule has 0 saturated carbocycles. The first kappa shape index (κ1) is 18.9. The third-order valence-corrected chi connectivity index (χ3v) is 6.44. The van der Waals surface area contributed by atoms with Gasteiger partial charge in [0.1, 0.15) is 0 Å². The second kappa shape index (κ2) is 8.09. The van der Waals surface area contributed by atoms with Crippen LogP contribution in [0, 0.1) is 19.8 Å². The summed E-state index contributed by atoms with van der Waals surface area (Å²) in [7, 11) is -1.91. The monoisotopic (exact) mass is 354 g/mol. The molecule has 0 aromatic heterocycles. The van der Waals surface area contributed by atoms with E-state index in [2.05, 4.69) is 5.32 Å². The SMILES string of the molecule is COCCNC(=O)C1CCN(S(=O)(=O)c2ccc(C)cc2C)CC1. The Kier molecular flexibility index (Phi) is 6.37. The molecule has 0 atom stereocenters. The van der Waals surface area contributed by atoms with E-state index in [4.69, 9.17) is 4.74 Å². The van der Waals surface area contributed by atoms with Gasteiger partial charge < -0.3 is 10.1 Å². The summed E-state index contributed by atoms with van der Waals surface area (Å²) >= 11 is 0. The number of methoxy groups -OCH3 is 1. The number of nitrogens with one attached hydrogen (secondary N) is 1. The van der Waals surface area contributed by atoms with Crippen molar-refractivity contribution >= 4 is 15.9 Å². The topological polar surface area (TPSA) is 75.7 Å². The number of nitrogens with zero attached hydrogens (tertiary/aromatic N) is 1. The smallest absolute Gasteiger partial charge is 0.243 e. The minimum Gasteiger partial charge on any atom is -0.383 e. The fourth-order valence-electron chi connectivity index (χ4n) is 3.01. The number of amides is 1. The lowest BCUT2D eigenvalue weighted by Gasteiger charge is -2.31. The molecule has 0 aliphatic carbocycles. The molecule has 0 unspecified atom stereocenters. The van der Waals surface area contributed by atoms with Crippen molar-refractivity contribution in [3.05, 3.63) is 29.3 Å². The van der Waals surface area contributed by atoms with Crippen LogP contribution in [-0.2, 0) is 19.6 Å². The molecule has 0 radical (unpaired) electrons. The van der Waals surface area contributed by atoms with Crippen LogP contribution in [0.25, 0.3) is 0 Å². The zero-order chi connectivity index (χ0) is 17.7. The van der Waals surface area contributed by atoms with E-state index in [1.807, 2.05) is 26.0 Å². The molecule has 24 heavy (non-hydrogen) atoms. The molecule has 1 saturated heterocycles. The fourth-order valence-corrected chi connectivity index (χ4v) is 4.68. The van der Waals surface area contributed by atoms with E-state index >= 15 is 0 Å². The Morgan fingerprint density at radius 1 is 1.29 bits per heavy atom. The summed E-state index contributed by atoms with van der Waals surface area (Å²) in [5, 5.41) is 2.82. The Bertz CT molecular complexity index is 680. The third-order valence-electron chi connectivity index (χ3n) is 4.38. The largest absolute Gasteiger partial charge is 0.383 e. The molecule has 2 rings (SSSR count). The third kappa shape index (κ3) is 4.34. The van der Waals surface area contributed by atoms with E-state index in [1.165, 1.54) is 4.31 Å². The van der Waals surface area contributed by atoms with Crippen molar-refractivity contribution in [2.75, 3.05) is 33.4 Å². The van der Waals surface area contributed by atoms with Gasteiger partial charge >= 0.3 is 0 Å². The Morgan fingerprint density at radius 3 is 2.54 bits per heavy atom. The summed E-state index contributed by atoms with van der Waals surface area (Å²) in [5.41, 5.74) is 1.80. The number of carbonyl (C=O) groups excluding carboxylic acids is 1. The van der Waals surface area contributed by atoms with Crippen LogP contribution in [0.2, 0.25) is 0 Å². The van der Waals surface area contributed by atoms with Gasteiger partial charge in [-0.25, -0.2) is 8.42 Å². The standard InChI is InChI=1S/C17H26N2O4S/c1-13-4-5-16(14(2)12-13)24(21,22)19-9-6-15(7-10-19)17(20)18-8-11-23-3/h4-5,12,15H,6-11H2,1-3H3,(H,18,20). The van der Waals surface area contributed by atoms with Crippen LogP contribution in [0.1, 0.15) is 24.0 Å². The second-order valence-electron chi connectivity index (χ2n) is 6.23. The Labute approximate surface area is 144 Å². The van der Waals surface area contributed by atoms with Crippen LogP contribution in [0.5, 0.6) is 0 Å². The Morgan fingerprint density at radius 2 is 1.96 bits per heavy atom. The van der Waals surface area contributed by atoms with E-state index in [9.17, 15) is 13.2 Å². The molecule has 134 valence electrons. The van der Waals surface area contributed by atoms with Crippen molar-refractivity contribution in [1.82, 2.24) is 9.62 Å². The minimum atomic E-state index is -3.50. The van der Waals surface area contributed by atoms with Gasteiger partial charge in [0.05, 0.1) is 11.5 Å². The van der Waals surface area contributed by atoms with Crippen LogP contribution in [0.15, 0.2) is 23.1 Å². The fraction of sp³-hybridized carbons (Fsp3) is 0.588. The average molecular weight is 354 g/mol. The van der Waals surface area contributed by atoms with E-state index in [1.54, 1.807) is 13.2 Å². The predicted molar refractivity (Wildman–Crippen MR) is 92.3 cm³/mol. The molecule has 1 N–H and O–H groups in total. The van der Waals surface area contributed by atoms with E-state index in [0.29, 0.717) is 44.0 Å². The van der Waals surface area contributed by atoms with Crippen molar-refractivity contribution in [2.45, 2.75) is 31.6 Å². The first-order chi connectivity index (χ1) is 11.4. The number of sulfonamides is 1. The molecule has 7 heteroatoms. The molecule has 1 aliphatic heterocycles. The van der Waals surface area contributed by atoms with E-state index in [-0.39, 0.29) is 11.8 Å². The lowest BCUT2D eigenvalue weighted by molar-refractivity contribution is -0.126. The van der Waals surface area contributed by atoms with Gasteiger partial charge in [-0.05, 0) is 38.3 Å². The van der Waals surface area contributed by atoms with Crippen molar-refractivity contribution in [1.29, 1.82) is 0 Å². The van der Waals surface area contributed by atoms with Crippen molar-refractivity contribution in [2.24, 2.45) is 5.92 Å². The molecule has 0 spiro atoms. The normalized spacial score (nSPS) is 17.0. The van der Waals surface area contributed by atoms with Crippen LogP contribution < -0.4 is 5.32 Å². The van der Waals surface area contributed by atoms with Crippen molar-refractivity contribution in [3.63, 3.8) is 0 Å². The molecular weight excluding hydrogens is 328 g/mol. The average Bonchev–Trinajstić information content (AvgIpc) is 2.54. The summed E-state index contributed by atoms with van der Waals surface area (Å²) in [6, 6.07) is 5.36. The first-order valence-electron chi connectivity index (χ1n) is 8.20. The number of benzene rings is 1. The van der Waals surface area contributed by atoms with Crippen LogP contribution in [-0.4, -0.2) is 52.0 Å². The summed E-state index contributed by atoms with van der Waals surface area (Å²) in [4.78, 5) is 12.4. The van der Waals surface area contributed by atoms with Gasteiger partial charge in [0.15, 0.2) is 0 Å². The Hall–Kier alpha value is -1.44. The van der Waals surface area contributed by atoms with E-state index in [0.717, 1.165) is 11.1 Å². The number of ether oxygens (including phenoxy) is 1. The van der Waals surface area contributed by atoms with Gasteiger partial charge in [0.25, 0.3) is 0 Å². The first-order valence-corrected chi connectivity index (χ1v) is 9.64. The summed E-state index contributed by atoms with van der Waals surface area (Å²) in [6.45, 7) is 5.46. The minimum absolute atomic E-state index is 0.0179. The number of hydrogen-bond acceptors (Lipinski definition) is 4. The van der Waals surface area contributed by atoms with Crippen LogP contribution in [0.4, 0.5) is 0 Å². The molecule has 0 bridgehead atoms. The molecule has 1 fully saturated rings. The molecule has 1 amide bonds. The highest BCUT2D eigenvalue weighted by Crippen LogP contribution is 2.26. The lowest BCUT2D eigenvalue weighted by Crippen LogP contribution is -2.43. The van der Waals surface area contributed by atoms with Gasteiger partial charge in [-0.3, -0.25) is 4.79 Å². The van der Waals surface area contributed by atoms with Crippen molar-refractivity contribution < 1.29 is 17.9 Å². The van der Waals surface area contributed by atoms with Gasteiger partial charge in [-0.1, -0.05) is 17.7 Å². The second-order valence-corrected chi connectivity index (χ2v) is 8.14. The van der Waals surface area contributed by atoms with Crippen LogP contribution in [0.3, 0.4) is 0 Å². The Balaban J connectivity index is 1.99. The lowest BCUT2D eigenvalue weighted by atomic mass is 9.97. The highest BCUT2D eigenvalue weighted by molar-refractivity contribution is 7.89. The highest BCUT2D eigenvalue weighted by atomic mass is 32.2. The maximum absolute atomic E-state index is 12.8. The number of piperidine rings is 1. The van der Waals surface area contributed by atoms with Gasteiger partial charge in [-0.15, -0.1) is 0 Å². The molecule has 1 aliphatic rings. The number of hydrogen-bond donors (Lipinski definition) is 1. The molecule has 6 nitrogen and oxygen atoms in total.